The number of carbonyl (C=O) groups excluding carboxylic acids is 3. The molecule has 230 valence electrons. The fraction of sp³-hybridized carbons (Fsp3) is 0.108. The third-order valence-corrected chi connectivity index (χ3v) is 9.44. The Kier molecular flexibility index (Phi) is 9.33. The van der Waals surface area contributed by atoms with Crippen molar-refractivity contribution in [1.82, 2.24) is 9.88 Å². The minimum atomic E-state index is -0.440. The van der Waals surface area contributed by atoms with E-state index in [0.717, 1.165) is 38.3 Å². The van der Waals surface area contributed by atoms with E-state index < -0.39 is 5.91 Å². The van der Waals surface area contributed by atoms with Crippen LogP contribution in [0.1, 0.15) is 29.1 Å². The van der Waals surface area contributed by atoms with Crippen molar-refractivity contribution in [3.05, 3.63) is 131 Å². The fourth-order valence-electron chi connectivity index (χ4n) is 5.25. The highest BCUT2D eigenvalue weighted by molar-refractivity contribution is 8.00. The van der Waals surface area contributed by atoms with Gasteiger partial charge in [0.25, 0.3) is 11.8 Å². The first-order valence-electron chi connectivity index (χ1n) is 14.9. The van der Waals surface area contributed by atoms with Crippen molar-refractivity contribution in [3.63, 3.8) is 0 Å². The largest absolute Gasteiger partial charge is 0.341 e. The molecule has 0 aliphatic heterocycles. The molecule has 1 unspecified atom stereocenters. The lowest BCUT2D eigenvalue weighted by molar-refractivity contribution is -0.115. The smallest absolute Gasteiger partial charge is 0.272 e. The van der Waals surface area contributed by atoms with E-state index in [2.05, 4.69) is 45.6 Å². The van der Waals surface area contributed by atoms with E-state index in [1.54, 1.807) is 42.5 Å². The van der Waals surface area contributed by atoms with Crippen LogP contribution in [-0.2, 0) is 16.1 Å². The van der Waals surface area contributed by atoms with Crippen LogP contribution >= 0.6 is 23.1 Å². The van der Waals surface area contributed by atoms with Gasteiger partial charge in [0.2, 0.25) is 5.91 Å². The Bertz CT molecular complexity index is 2050. The predicted octanol–water partition coefficient (Wildman–Crippen LogP) is 8.40. The van der Waals surface area contributed by atoms with Gasteiger partial charge < -0.3 is 20.5 Å². The number of thioether (sulfide) groups is 1. The maximum Gasteiger partial charge on any atom is 0.272 e. The van der Waals surface area contributed by atoms with Crippen LogP contribution in [0.5, 0.6) is 0 Å². The standard InChI is InChI=1S/C37H32N4O3S2/c1-3-41-33-14-8-7-13-30(33)31-22-27(17-20-34(31)41)39-35(42)24(2)46-28-18-15-26(16-19-28)38-37(44)32(23-29-12-9-21-45-29)40-36(43)25-10-5-4-6-11-25/h4-24H,3H2,1-2H3,(H,38,44)(H,39,42)(H,40,43)/b32-23-. The Morgan fingerprint density at radius 2 is 1.52 bits per heavy atom. The summed E-state index contributed by atoms with van der Waals surface area (Å²) in [6.45, 7) is 4.87. The number of aryl methyl sites for hydroxylation is 1. The third-order valence-electron chi connectivity index (χ3n) is 7.51. The molecule has 3 N–H and O–H groups in total. The molecule has 3 amide bonds. The maximum atomic E-state index is 13.3. The molecule has 1 atom stereocenters. The molecule has 4 aromatic carbocycles. The summed E-state index contributed by atoms with van der Waals surface area (Å²) in [6.07, 6.45) is 1.66. The lowest BCUT2D eigenvalue weighted by atomic mass is 10.1. The van der Waals surface area contributed by atoms with Crippen LogP contribution in [0, 0.1) is 0 Å². The molecule has 0 spiro atoms. The SMILES string of the molecule is CCn1c2ccccc2c2cc(NC(=O)C(C)Sc3ccc(NC(=O)/C(=C/c4cccs4)NC(=O)c4ccccc4)cc3)ccc21. The van der Waals surface area contributed by atoms with Gasteiger partial charge in [-0.25, -0.2) is 0 Å². The lowest BCUT2D eigenvalue weighted by Gasteiger charge is -2.14. The zero-order valence-corrected chi connectivity index (χ0v) is 27.0. The molecule has 2 heterocycles. The lowest BCUT2D eigenvalue weighted by Crippen LogP contribution is -2.30. The number of aromatic nitrogens is 1. The van der Waals surface area contributed by atoms with Crippen molar-refractivity contribution in [2.45, 2.75) is 30.5 Å². The first kappa shape index (κ1) is 30.9. The highest BCUT2D eigenvalue weighted by Gasteiger charge is 2.18. The second-order valence-electron chi connectivity index (χ2n) is 10.6. The molecule has 2 aromatic heterocycles. The summed E-state index contributed by atoms with van der Waals surface area (Å²) >= 11 is 2.90. The first-order valence-corrected chi connectivity index (χ1v) is 16.7. The number of amides is 3. The van der Waals surface area contributed by atoms with Crippen molar-refractivity contribution in [2.24, 2.45) is 0 Å². The normalized spacial score (nSPS) is 12.2. The van der Waals surface area contributed by atoms with E-state index in [-0.39, 0.29) is 22.8 Å². The molecular weight excluding hydrogens is 613 g/mol. The fourth-order valence-corrected chi connectivity index (χ4v) is 6.77. The molecule has 7 nitrogen and oxygen atoms in total. The predicted molar refractivity (Wildman–Crippen MR) is 190 cm³/mol. The Morgan fingerprint density at radius 3 is 2.26 bits per heavy atom. The minimum Gasteiger partial charge on any atom is -0.341 e. The van der Waals surface area contributed by atoms with Gasteiger partial charge in [-0.15, -0.1) is 23.1 Å². The third kappa shape index (κ3) is 6.91. The highest BCUT2D eigenvalue weighted by atomic mass is 32.2. The maximum absolute atomic E-state index is 13.3. The second kappa shape index (κ2) is 13.9. The zero-order valence-electron chi connectivity index (χ0n) is 25.3. The molecule has 0 aliphatic rings. The zero-order chi connectivity index (χ0) is 32.0. The molecule has 0 fully saturated rings. The van der Waals surface area contributed by atoms with E-state index >= 15 is 0 Å². The molecule has 0 radical (unpaired) electrons. The van der Waals surface area contributed by atoms with Gasteiger partial charge >= 0.3 is 0 Å². The van der Waals surface area contributed by atoms with E-state index in [1.165, 1.54) is 28.6 Å². The van der Waals surface area contributed by atoms with Crippen molar-refractivity contribution < 1.29 is 14.4 Å². The van der Waals surface area contributed by atoms with Crippen LogP contribution in [0.4, 0.5) is 11.4 Å². The number of benzene rings is 4. The summed E-state index contributed by atoms with van der Waals surface area (Å²) < 4.78 is 2.28. The summed E-state index contributed by atoms with van der Waals surface area (Å²) in [6, 6.07) is 34.2. The van der Waals surface area contributed by atoms with Gasteiger partial charge in [0.15, 0.2) is 0 Å². The molecule has 9 heteroatoms. The van der Waals surface area contributed by atoms with Crippen molar-refractivity contribution in [3.8, 4) is 0 Å². The van der Waals surface area contributed by atoms with Gasteiger partial charge in [-0.05, 0) is 92.0 Å². The van der Waals surface area contributed by atoms with Gasteiger partial charge in [-0.3, -0.25) is 14.4 Å². The first-order chi connectivity index (χ1) is 22.4. The average molecular weight is 645 g/mol. The number of fused-ring (bicyclic) bond motifs is 3. The Labute approximate surface area is 275 Å². The summed E-state index contributed by atoms with van der Waals surface area (Å²) in [5.74, 6) is -0.909. The number of hydrogen-bond donors (Lipinski definition) is 3. The number of carbonyl (C=O) groups is 3. The van der Waals surface area contributed by atoms with Crippen molar-refractivity contribution >= 4 is 80.1 Å². The Hall–Kier alpha value is -5.12. The van der Waals surface area contributed by atoms with Gasteiger partial charge in [-0.1, -0.05) is 42.5 Å². The summed E-state index contributed by atoms with van der Waals surface area (Å²) in [7, 11) is 0. The quantitative estimate of drug-likeness (QED) is 0.103. The Morgan fingerprint density at radius 1 is 0.804 bits per heavy atom. The molecule has 0 bridgehead atoms. The van der Waals surface area contributed by atoms with Crippen molar-refractivity contribution in [2.75, 3.05) is 10.6 Å². The van der Waals surface area contributed by atoms with Crippen LogP contribution in [0.3, 0.4) is 0 Å². The molecule has 6 rings (SSSR count). The molecular formula is C37H32N4O3S2. The van der Waals surface area contributed by atoms with Crippen LogP contribution < -0.4 is 16.0 Å². The number of nitrogens with one attached hydrogen (secondary N) is 3. The van der Waals surface area contributed by atoms with Crippen LogP contribution in [0.25, 0.3) is 27.9 Å². The number of para-hydroxylation sites is 1. The number of rotatable bonds is 10. The minimum absolute atomic E-state index is 0.0986. The Balaban J connectivity index is 1.10. The second-order valence-corrected chi connectivity index (χ2v) is 13.0. The molecule has 0 aliphatic carbocycles. The summed E-state index contributed by atoms with van der Waals surface area (Å²) in [4.78, 5) is 40.9. The molecule has 0 saturated carbocycles. The van der Waals surface area contributed by atoms with E-state index in [4.69, 9.17) is 0 Å². The topological polar surface area (TPSA) is 92.2 Å². The van der Waals surface area contributed by atoms with E-state index in [9.17, 15) is 14.4 Å². The van der Waals surface area contributed by atoms with Crippen molar-refractivity contribution in [1.29, 1.82) is 0 Å². The number of anilines is 2. The highest BCUT2D eigenvalue weighted by Crippen LogP contribution is 2.32. The molecule has 0 saturated heterocycles. The molecule has 46 heavy (non-hydrogen) atoms. The van der Waals surface area contributed by atoms with E-state index in [0.29, 0.717) is 11.3 Å². The molecule has 6 aromatic rings. The van der Waals surface area contributed by atoms with Crippen LogP contribution in [0.15, 0.2) is 125 Å². The van der Waals surface area contributed by atoms with Gasteiger partial charge in [0.05, 0.1) is 5.25 Å². The average Bonchev–Trinajstić information content (AvgIpc) is 3.71. The van der Waals surface area contributed by atoms with Gasteiger partial charge in [-0.2, -0.15) is 0 Å². The number of thiophene rings is 1. The monoisotopic (exact) mass is 644 g/mol. The number of hydrogen-bond acceptors (Lipinski definition) is 5. The van der Waals surface area contributed by atoms with Crippen LogP contribution in [0.2, 0.25) is 0 Å². The van der Waals surface area contributed by atoms with Gasteiger partial charge in [0.1, 0.15) is 5.70 Å². The van der Waals surface area contributed by atoms with Crippen LogP contribution in [-0.4, -0.2) is 27.5 Å². The summed E-state index contributed by atoms with van der Waals surface area (Å²) in [5.41, 5.74) is 4.24. The van der Waals surface area contributed by atoms with E-state index in [1.807, 2.05) is 66.9 Å². The summed E-state index contributed by atoms with van der Waals surface area (Å²) in [5, 5.41) is 12.5. The van der Waals surface area contributed by atoms with Gasteiger partial charge in [0, 0.05) is 55.1 Å². The number of nitrogens with zero attached hydrogens (tertiary/aromatic N) is 1.